The first-order valence-corrected chi connectivity index (χ1v) is 11.5. The fourth-order valence-corrected chi connectivity index (χ4v) is 4.36. The van der Waals surface area contributed by atoms with Gasteiger partial charge in [-0.25, -0.2) is 4.39 Å². The Morgan fingerprint density at radius 3 is 2.68 bits per heavy atom. The zero-order valence-corrected chi connectivity index (χ0v) is 18.8. The molecule has 3 heterocycles. The number of fused-ring (bicyclic) bond motifs is 1. The van der Waals surface area contributed by atoms with E-state index in [-0.39, 0.29) is 17.8 Å². The molecule has 0 fully saturated rings. The van der Waals surface area contributed by atoms with E-state index in [1.807, 2.05) is 48.5 Å². The largest absolute Gasteiger partial charge is 0.377 e. The number of carbonyl (C=O) groups is 1. The number of ether oxygens (including phenoxy) is 1. The maximum atomic E-state index is 14.2. The number of aromatic nitrogens is 2. The van der Waals surface area contributed by atoms with E-state index in [4.69, 9.17) is 4.74 Å². The second-order valence-corrected chi connectivity index (χ2v) is 8.54. The Bertz CT molecular complexity index is 1290. The van der Waals surface area contributed by atoms with Crippen molar-refractivity contribution in [3.05, 3.63) is 102 Å². The molecule has 172 valence electrons. The first-order valence-electron chi connectivity index (χ1n) is 11.5. The van der Waals surface area contributed by atoms with E-state index in [1.54, 1.807) is 24.4 Å². The fraction of sp³-hybridized carbons (Fsp3) is 0.214. The molecule has 1 aliphatic heterocycles. The monoisotopic (exact) mass is 455 g/mol. The zero-order valence-electron chi connectivity index (χ0n) is 18.8. The minimum absolute atomic E-state index is 0.0673. The van der Waals surface area contributed by atoms with E-state index in [1.165, 1.54) is 6.07 Å². The van der Waals surface area contributed by atoms with Crippen LogP contribution in [0.4, 0.5) is 4.39 Å². The third-order valence-corrected chi connectivity index (χ3v) is 6.10. The lowest BCUT2D eigenvalue weighted by atomic mass is 9.98. The zero-order chi connectivity index (χ0) is 23.3. The SMILES string of the molecule is O=C1NC(CCCOCc2ccccc2)Cc2[nH]c(-c3ccnc(-c4ccccc4F)c3)cc21. The molecule has 0 bridgehead atoms. The Hall–Kier alpha value is -3.77. The molecule has 6 heteroatoms. The molecule has 0 saturated carbocycles. The first kappa shape index (κ1) is 22.0. The van der Waals surface area contributed by atoms with Crippen molar-refractivity contribution in [2.45, 2.75) is 31.9 Å². The molecule has 4 aromatic rings. The average Bonchev–Trinajstić information content (AvgIpc) is 3.30. The van der Waals surface area contributed by atoms with Crippen molar-refractivity contribution in [2.75, 3.05) is 6.61 Å². The molecule has 34 heavy (non-hydrogen) atoms. The highest BCUT2D eigenvalue weighted by Gasteiger charge is 2.26. The average molecular weight is 456 g/mol. The number of halogens is 1. The molecule has 0 aliphatic carbocycles. The van der Waals surface area contributed by atoms with E-state index in [0.717, 1.165) is 41.8 Å². The number of pyridine rings is 1. The van der Waals surface area contributed by atoms with E-state index >= 15 is 0 Å². The van der Waals surface area contributed by atoms with E-state index in [2.05, 4.69) is 15.3 Å². The highest BCUT2D eigenvalue weighted by Crippen LogP contribution is 2.29. The van der Waals surface area contributed by atoms with Gasteiger partial charge in [-0.15, -0.1) is 0 Å². The Labute approximate surface area is 198 Å². The van der Waals surface area contributed by atoms with Crippen molar-refractivity contribution in [3.63, 3.8) is 0 Å². The third-order valence-electron chi connectivity index (χ3n) is 6.10. The van der Waals surface area contributed by atoms with Crippen molar-refractivity contribution in [1.29, 1.82) is 0 Å². The molecule has 0 saturated heterocycles. The molecule has 2 N–H and O–H groups in total. The number of hydrogen-bond acceptors (Lipinski definition) is 3. The summed E-state index contributed by atoms with van der Waals surface area (Å²) in [5, 5.41) is 3.11. The van der Waals surface area contributed by atoms with Gasteiger partial charge in [0.25, 0.3) is 5.91 Å². The number of H-pyrrole nitrogens is 1. The lowest BCUT2D eigenvalue weighted by molar-refractivity contribution is 0.0907. The highest BCUT2D eigenvalue weighted by molar-refractivity contribution is 5.98. The molecule has 0 radical (unpaired) electrons. The van der Waals surface area contributed by atoms with Crippen LogP contribution in [-0.4, -0.2) is 28.5 Å². The van der Waals surface area contributed by atoms with Gasteiger partial charge in [-0.1, -0.05) is 42.5 Å². The molecule has 0 spiro atoms. The van der Waals surface area contributed by atoms with Gasteiger partial charge in [0.05, 0.1) is 17.9 Å². The molecule has 1 amide bonds. The van der Waals surface area contributed by atoms with Gasteiger partial charge in [0.15, 0.2) is 0 Å². The molecule has 5 nitrogen and oxygen atoms in total. The summed E-state index contributed by atoms with van der Waals surface area (Å²) in [6.45, 7) is 1.25. The first-order chi connectivity index (χ1) is 16.7. The summed E-state index contributed by atoms with van der Waals surface area (Å²) < 4.78 is 20.0. The number of amides is 1. The predicted octanol–water partition coefficient (Wildman–Crippen LogP) is 5.53. The molecule has 5 rings (SSSR count). The number of nitrogens with zero attached hydrogens (tertiary/aromatic N) is 1. The summed E-state index contributed by atoms with van der Waals surface area (Å²) in [5.41, 5.74) is 5.45. The number of rotatable bonds is 8. The summed E-state index contributed by atoms with van der Waals surface area (Å²) >= 11 is 0. The van der Waals surface area contributed by atoms with Crippen molar-refractivity contribution < 1.29 is 13.9 Å². The predicted molar refractivity (Wildman–Crippen MR) is 130 cm³/mol. The second-order valence-electron chi connectivity index (χ2n) is 8.54. The van der Waals surface area contributed by atoms with Gasteiger partial charge in [-0.2, -0.15) is 0 Å². The Morgan fingerprint density at radius 2 is 1.82 bits per heavy atom. The molecule has 1 unspecified atom stereocenters. The minimum atomic E-state index is -0.312. The number of nitrogens with one attached hydrogen (secondary N) is 2. The van der Waals surface area contributed by atoms with Gasteiger partial charge in [-0.05, 0) is 48.7 Å². The smallest absolute Gasteiger partial charge is 0.253 e. The summed E-state index contributed by atoms with van der Waals surface area (Å²) in [6, 6.07) is 22.3. The normalized spacial score (nSPS) is 15.1. The van der Waals surface area contributed by atoms with Crippen LogP contribution in [0.15, 0.2) is 79.0 Å². The molecular formula is C28H26FN3O2. The number of aromatic amines is 1. The molecule has 2 aromatic heterocycles. The van der Waals surface area contributed by atoms with Crippen LogP contribution in [0.3, 0.4) is 0 Å². The van der Waals surface area contributed by atoms with Gasteiger partial charge >= 0.3 is 0 Å². The van der Waals surface area contributed by atoms with Gasteiger partial charge in [-0.3, -0.25) is 9.78 Å². The number of hydrogen-bond donors (Lipinski definition) is 2. The minimum Gasteiger partial charge on any atom is -0.377 e. The topological polar surface area (TPSA) is 67.0 Å². The van der Waals surface area contributed by atoms with E-state index in [9.17, 15) is 9.18 Å². The number of carbonyl (C=O) groups excluding carboxylic acids is 1. The summed E-state index contributed by atoms with van der Waals surface area (Å²) in [6.07, 6.45) is 4.12. The molecule has 1 atom stereocenters. The van der Waals surface area contributed by atoms with Crippen LogP contribution in [0.1, 0.15) is 34.5 Å². The molecule has 1 aliphatic rings. The molecular weight excluding hydrogens is 429 g/mol. The van der Waals surface area contributed by atoms with Crippen molar-refractivity contribution in [2.24, 2.45) is 0 Å². The van der Waals surface area contributed by atoms with E-state index < -0.39 is 0 Å². The highest BCUT2D eigenvalue weighted by atomic mass is 19.1. The van der Waals surface area contributed by atoms with Crippen LogP contribution in [0, 0.1) is 5.82 Å². The van der Waals surface area contributed by atoms with Gasteiger partial charge in [0, 0.05) is 47.8 Å². The van der Waals surface area contributed by atoms with Crippen molar-refractivity contribution in [1.82, 2.24) is 15.3 Å². The summed E-state index contributed by atoms with van der Waals surface area (Å²) in [7, 11) is 0. The van der Waals surface area contributed by atoms with Gasteiger partial charge in [0.2, 0.25) is 0 Å². The van der Waals surface area contributed by atoms with Crippen LogP contribution in [0.25, 0.3) is 22.5 Å². The maximum absolute atomic E-state index is 14.2. The maximum Gasteiger partial charge on any atom is 0.253 e. The van der Waals surface area contributed by atoms with Gasteiger partial charge < -0.3 is 15.0 Å². The standard InChI is InChI=1S/C28H26FN3O2/c29-24-11-5-4-10-22(24)26-15-20(12-13-30-26)25-17-23-27(32-25)16-21(31-28(23)33)9-6-14-34-18-19-7-2-1-3-8-19/h1-5,7-8,10-13,15,17,21,32H,6,9,14,16,18H2,(H,31,33). The third kappa shape index (κ3) is 4.92. The summed E-state index contributed by atoms with van der Waals surface area (Å²) in [5.74, 6) is -0.379. The quantitative estimate of drug-likeness (QED) is 0.343. The Morgan fingerprint density at radius 1 is 1.00 bits per heavy atom. The molecule has 2 aromatic carbocycles. The van der Waals surface area contributed by atoms with Crippen LogP contribution in [0.2, 0.25) is 0 Å². The van der Waals surface area contributed by atoms with Crippen LogP contribution in [0.5, 0.6) is 0 Å². The second kappa shape index (κ2) is 10.0. The van der Waals surface area contributed by atoms with Crippen LogP contribution < -0.4 is 5.32 Å². The van der Waals surface area contributed by atoms with Crippen molar-refractivity contribution >= 4 is 5.91 Å². The van der Waals surface area contributed by atoms with E-state index in [0.29, 0.717) is 30.0 Å². The number of benzene rings is 2. The lowest BCUT2D eigenvalue weighted by Gasteiger charge is -2.23. The fourth-order valence-electron chi connectivity index (χ4n) is 4.36. The lowest BCUT2D eigenvalue weighted by Crippen LogP contribution is -2.41. The Balaban J connectivity index is 1.22. The Kier molecular flexibility index (Phi) is 6.49. The van der Waals surface area contributed by atoms with Gasteiger partial charge in [0.1, 0.15) is 5.82 Å². The van der Waals surface area contributed by atoms with Crippen molar-refractivity contribution in [3.8, 4) is 22.5 Å². The van der Waals surface area contributed by atoms with Crippen LogP contribution in [-0.2, 0) is 17.8 Å². The van der Waals surface area contributed by atoms with Crippen LogP contribution >= 0.6 is 0 Å². The summed E-state index contributed by atoms with van der Waals surface area (Å²) in [4.78, 5) is 20.5.